The first-order valence-corrected chi connectivity index (χ1v) is 10.2. The van der Waals surface area contributed by atoms with E-state index in [2.05, 4.69) is 37.4 Å². The summed E-state index contributed by atoms with van der Waals surface area (Å²) < 4.78 is 5.45. The monoisotopic (exact) mass is 352 g/mol. The molecule has 0 aliphatic carbocycles. The third-order valence-corrected chi connectivity index (χ3v) is 7.99. The van der Waals surface area contributed by atoms with Gasteiger partial charge in [-0.1, -0.05) is 92.0 Å². The van der Waals surface area contributed by atoms with Gasteiger partial charge in [-0.15, -0.1) is 0 Å². The van der Waals surface area contributed by atoms with Crippen molar-refractivity contribution < 1.29 is 9.84 Å². The van der Waals surface area contributed by atoms with Gasteiger partial charge in [-0.2, -0.15) is 0 Å². The van der Waals surface area contributed by atoms with Crippen molar-refractivity contribution in [2.45, 2.75) is 13.2 Å². The van der Waals surface area contributed by atoms with Gasteiger partial charge < -0.3 is 9.84 Å². The number of aliphatic hydroxyl groups excluding tert-OH is 1. The van der Waals surface area contributed by atoms with E-state index >= 15 is 0 Å². The Morgan fingerprint density at radius 3 is 1.96 bits per heavy atom. The van der Waals surface area contributed by atoms with E-state index in [1.54, 1.807) is 6.08 Å². The molecule has 0 spiro atoms. The summed E-state index contributed by atoms with van der Waals surface area (Å²) >= 11 is 0. The second-order valence-electron chi connectivity index (χ2n) is 5.42. The fraction of sp³-hybridized carbons (Fsp3) is 0.136. The van der Waals surface area contributed by atoms with Gasteiger partial charge >= 0.3 is 0 Å². The summed E-state index contributed by atoms with van der Waals surface area (Å²) in [5, 5.41) is 13.8. The van der Waals surface area contributed by atoms with Crippen LogP contribution in [0.3, 0.4) is 0 Å². The highest BCUT2D eigenvalue weighted by Crippen LogP contribution is 2.53. The van der Waals surface area contributed by atoms with Crippen molar-refractivity contribution in [2.24, 2.45) is 0 Å². The van der Waals surface area contributed by atoms with Crippen LogP contribution >= 0.6 is 6.89 Å². The lowest BCUT2D eigenvalue weighted by Gasteiger charge is -2.30. The van der Waals surface area contributed by atoms with Crippen molar-refractivity contribution in [1.29, 1.82) is 0 Å². The molecule has 0 saturated heterocycles. The lowest BCUT2D eigenvalue weighted by atomic mass is 10.4. The molecular formula is C22H25O2P. The molecule has 2 rings (SSSR count). The van der Waals surface area contributed by atoms with Crippen molar-refractivity contribution in [3.05, 3.63) is 97.4 Å². The van der Waals surface area contributed by atoms with Gasteiger partial charge in [-0.05, 0) is 35.5 Å². The van der Waals surface area contributed by atoms with Crippen LogP contribution in [0.15, 0.2) is 97.4 Å². The fourth-order valence-corrected chi connectivity index (χ4v) is 6.68. The Hall–Kier alpha value is -2.12. The first kappa shape index (κ1) is 19.2. The SMILES string of the molecule is C=C/C=C(\C=C)P(=CC(O)OCC)(c1ccccc1)c1ccccc1. The molecule has 0 aliphatic heterocycles. The van der Waals surface area contributed by atoms with Gasteiger partial charge in [-0.25, -0.2) is 0 Å². The number of aliphatic hydroxyl groups is 1. The number of hydrogen-bond acceptors (Lipinski definition) is 2. The zero-order valence-corrected chi connectivity index (χ0v) is 15.5. The highest BCUT2D eigenvalue weighted by atomic mass is 31.2. The molecule has 0 fully saturated rings. The Balaban J connectivity index is 2.90. The molecule has 1 unspecified atom stereocenters. The van der Waals surface area contributed by atoms with Crippen LogP contribution in [0, 0.1) is 0 Å². The van der Waals surface area contributed by atoms with Gasteiger partial charge in [0.2, 0.25) is 0 Å². The first-order chi connectivity index (χ1) is 12.2. The second-order valence-corrected chi connectivity index (χ2v) is 8.71. The van der Waals surface area contributed by atoms with Crippen LogP contribution in [0.1, 0.15) is 6.92 Å². The molecule has 3 heteroatoms. The predicted octanol–water partition coefficient (Wildman–Crippen LogP) is 4.07. The maximum absolute atomic E-state index is 10.5. The van der Waals surface area contributed by atoms with E-state index in [4.69, 9.17) is 4.74 Å². The maximum Gasteiger partial charge on any atom is 0.175 e. The van der Waals surface area contributed by atoms with Crippen LogP contribution in [-0.2, 0) is 4.74 Å². The summed E-state index contributed by atoms with van der Waals surface area (Å²) in [7, 11) is 0. The zero-order chi connectivity index (χ0) is 18.1. The summed E-state index contributed by atoms with van der Waals surface area (Å²) in [5.41, 5.74) is 0. The Morgan fingerprint density at radius 1 is 1.04 bits per heavy atom. The molecular weight excluding hydrogens is 327 g/mol. The zero-order valence-electron chi connectivity index (χ0n) is 14.6. The Labute approximate surface area is 150 Å². The van der Waals surface area contributed by atoms with Gasteiger partial charge in [0.1, 0.15) is 0 Å². The smallest absolute Gasteiger partial charge is 0.175 e. The first-order valence-electron chi connectivity index (χ1n) is 8.30. The van der Waals surface area contributed by atoms with Crippen LogP contribution in [-0.4, -0.2) is 23.8 Å². The topological polar surface area (TPSA) is 29.5 Å². The van der Waals surface area contributed by atoms with Crippen LogP contribution in [0.25, 0.3) is 0 Å². The third-order valence-electron chi connectivity index (χ3n) is 3.92. The minimum atomic E-state index is -2.24. The summed E-state index contributed by atoms with van der Waals surface area (Å²) in [6, 6.07) is 20.4. The number of rotatable bonds is 8. The van der Waals surface area contributed by atoms with Crippen LogP contribution < -0.4 is 10.6 Å². The molecule has 0 heterocycles. The Bertz CT molecular complexity index is 733. The van der Waals surface area contributed by atoms with E-state index in [1.807, 2.05) is 61.3 Å². The fourth-order valence-electron chi connectivity index (χ4n) is 2.89. The normalized spacial score (nSPS) is 13.1. The van der Waals surface area contributed by atoms with Crippen molar-refractivity contribution in [3.63, 3.8) is 0 Å². The molecule has 25 heavy (non-hydrogen) atoms. The highest BCUT2D eigenvalue weighted by molar-refractivity contribution is 7.91. The summed E-state index contributed by atoms with van der Waals surface area (Å²) in [6.07, 6.45) is 4.62. The van der Waals surface area contributed by atoms with Crippen molar-refractivity contribution >= 4 is 23.3 Å². The minimum absolute atomic E-state index is 0.440. The molecule has 130 valence electrons. The molecule has 1 atom stereocenters. The summed E-state index contributed by atoms with van der Waals surface area (Å²) in [5.74, 6) is 1.93. The average Bonchev–Trinajstić information content (AvgIpc) is 2.66. The highest BCUT2D eigenvalue weighted by Gasteiger charge is 2.26. The predicted molar refractivity (Wildman–Crippen MR) is 111 cm³/mol. The van der Waals surface area contributed by atoms with Crippen LogP contribution in [0.5, 0.6) is 0 Å². The van der Waals surface area contributed by atoms with E-state index in [0.29, 0.717) is 6.61 Å². The van der Waals surface area contributed by atoms with Crippen LogP contribution in [0.2, 0.25) is 0 Å². The lowest BCUT2D eigenvalue weighted by molar-refractivity contribution is -0.0390. The Morgan fingerprint density at radius 2 is 1.56 bits per heavy atom. The molecule has 0 aliphatic rings. The number of benzene rings is 2. The molecule has 1 N–H and O–H groups in total. The quantitative estimate of drug-likeness (QED) is 0.441. The molecule has 2 nitrogen and oxygen atoms in total. The number of hydrogen-bond donors (Lipinski definition) is 1. The number of ether oxygens (including phenoxy) is 1. The van der Waals surface area contributed by atoms with Gasteiger partial charge in [0.15, 0.2) is 6.29 Å². The van der Waals surface area contributed by atoms with Gasteiger partial charge in [0.25, 0.3) is 0 Å². The molecule has 0 bridgehead atoms. The molecule has 0 saturated carbocycles. The van der Waals surface area contributed by atoms with Crippen molar-refractivity contribution in [1.82, 2.24) is 0 Å². The van der Waals surface area contributed by atoms with Crippen molar-refractivity contribution in [2.75, 3.05) is 6.61 Å². The lowest BCUT2D eigenvalue weighted by Crippen LogP contribution is -2.24. The summed E-state index contributed by atoms with van der Waals surface area (Å²) in [6.45, 7) is 7.94. The summed E-state index contributed by atoms with van der Waals surface area (Å²) in [4.78, 5) is 0. The van der Waals surface area contributed by atoms with E-state index in [9.17, 15) is 5.11 Å². The molecule has 0 radical (unpaired) electrons. The van der Waals surface area contributed by atoms with Crippen LogP contribution in [0.4, 0.5) is 0 Å². The van der Waals surface area contributed by atoms with E-state index in [1.165, 1.54) is 0 Å². The van der Waals surface area contributed by atoms with E-state index in [0.717, 1.165) is 15.9 Å². The average molecular weight is 352 g/mol. The van der Waals surface area contributed by atoms with E-state index < -0.39 is 13.2 Å². The second kappa shape index (κ2) is 9.39. The van der Waals surface area contributed by atoms with E-state index in [-0.39, 0.29) is 0 Å². The van der Waals surface area contributed by atoms with Gasteiger partial charge in [0, 0.05) is 6.61 Å². The largest absolute Gasteiger partial charge is 0.365 e. The standard InChI is InChI=1S/C22H25O2P/c1-4-13-19(5-2)25(18-22(23)24-6-3,20-14-9-7-10-15-20)21-16-11-8-12-17-21/h4-5,7-18,22-23H,1-2,6H2,3H3/b19-13+. The van der Waals surface area contributed by atoms with Gasteiger partial charge in [0.05, 0.1) is 0 Å². The van der Waals surface area contributed by atoms with Gasteiger partial charge in [-0.3, -0.25) is 0 Å². The molecule has 0 amide bonds. The molecule has 2 aromatic carbocycles. The maximum atomic E-state index is 10.5. The molecule has 2 aromatic rings. The minimum Gasteiger partial charge on any atom is -0.365 e. The number of allylic oxidation sites excluding steroid dienone is 4. The third kappa shape index (κ3) is 4.29. The molecule has 0 aromatic heterocycles. The Kier molecular flexibility index (Phi) is 7.21. The van der Waals surface area contributed by atoms with Crippen molar-refractivity contribution in [3.8, 4) is 0 Å².